The van der Waals surface area contributed by atoms with Gasteiger partial charge in [-0.3, -0.25) is 4.79 Å². The van der Waals surface area contributed by atoms with Gasteiger partial charge in [-0.15, -0.1) is 0 Å². The second-order valence-electron chi connectivity index (χ2n) is 7.40. The van der Waals surface area contributed by atoms with Crippen molar-refractivity contribution in [2.75, 3.05) is 6.61 Å². The predicted molar refractivity (Wildman–Crippen MR) is 78.3 cm³/mol. The van der Waals surface area contributed by atoms with E-state index in [1.165, 1.54) is 19.3 Å². The molecule has 4 heteroatoms. The number of nitrogens with two attached hydrogens (primary N) is 1. The fraction of sp³-hybridized carbons (Fsp3) is 0.938. The average molecular weight is 283 g/mol. The fourth-order valence-electron chi connectivity index (χ4n) is 3.48. The Kier molecular flexibility index (Phi) is 4.75. The summed E-state index contributed by atoms with van der Waals surface area (Å²) in [6.07, 6.45) is 7.77. The molecule has 0 amide bonds. The van der Waals surface area contributed by atoms with E-state index in [0.717, 1.165) is 32.3 Å². The van der Waals surface area contributed by atoms with E-state index in [1.807, 2.05) is 20.8 Å². The molecule has 1 saturated carbocycles. The van der Waals surface area contributed by atoms with Crippen molar-refractivity contribution in [2.45, 2.75) is 83.0 Å². The van der Waals surface area contributed by atoms with Gasteiger partial charge in [0.2, 0.25) is 0 Å². The summed E-state index contributed by atoms with van der Waals surface area (Å²) < 4.78 is 11.5. The van der Waals surface area contributed by atoms with Crippen molar-refractivity contribution >= 4 is 5.97 Å². The Hall–Kier alpha value is -0.610. The van der Waals surface area contributed by atoms with E-state index in [9.17, 15) is 4.79 Å². The lowest BCUT2D eigenvalue weighted by Crippen LogP contribution is -2.50. The lowest BCUT2D eigenvalue weighted by Gasteiger charge is -2.44. The van der Waals surface area contributed by atoms with E-state index >= 15 is 0 Å². The lowest BCUT2D eigenvalue weighted by atomic mass is 9.74. The van der Waals surface area contributed by atoms with E-state index in [2.05, 4.69) is 0 Å². The number of hydrogen-bond acceptors (Lipinski definition) is 4. The van der Waals surface area contributed by atoms with Gasteiger partial charge in [-0.25, -0.2) is 0 Å². The first-order chi connectivity index (χ1) is 9.31. The van der Waals surface area contributed by atoms with Gasteiger partial charge in [0.15, 0.2) is 0 Å². The van der Waals surface area contributed by atoms with Crippen LogP contribution in [0.1, 0.15) is 65.7 Å². The molecule has 0 aromatic carbocycles. The summed E-state index contributed by atoms with van der Waals surface area (Å²) in [6, 6.07) is -0.517. The van der Waals surface area contributed by atoms with Crippen LogP contribution in [0.5, 0.6) is 0 Å². The van der Waals surface area contributed by atoms with Gasteiger partial charge in [0.1, 0.15) is 11.6 Å². The van der Waals surface area contributed by atoms with Crippen LogP contribution >= 0.6 is 0 Å². The molecule has 2 unspecified atom stereocenters. The normalized spacial score (nSPS) is 28.1. The molecule has 2 N–H and O–H groups in total. The second-order valence-corrected chi connectivity index (χ2v) is 7.40. The quantitative estimate of drug-likeness (QED) is 0.792. The van der Waals surface area contributed by atoms with Crippen LogP contribution in [0.2, 0.25) is 0 Å². The third kappa shape index (κ3) is 3.95. The Morgan fingerprint density at radius 3 is 2.55 bits per heavy atom. The Labute approximate surface area is 122 Å². The van der Waals surface area contributed by atoms with Crippen molar-refractivity contribution in [3.8, 4) is 0 Å². The van der Waals surface area contributed by atoms with Crippen LogP contribution in [0.25, 0.3) is 0 Å². The monoisotopic (exact) mass is 283 g/mol. The number of ether oxygens (including phenoxy) is 2. The van der Waals surface area contributed by atoms with Crippen molar-refractivity contribution in [2.24, 2.45) is 11.7 Å². The van der Waals surface area contributed by atoms with Crippen LogP contribution in [-0.2, 0) is 14.3 Å². The van der Waals surface area contributed by atoms with Gasteiger partial charge in [0.05, 0.1) is 5.60 Å². The highest BCUT2D eigenvalue weighted by atomic mass is 16.6. The van der Waals surface area contributed by atoms with E-state index < -0.39 is 11.6 Å². The molecule has 0 radical (unpaired) electrons. The smallest absolute Gasteiger partial charge is 0.323 e. The highest BCUT2D eigenvalue weighted by molar-refractivity contribution is 5.76. The van der Waals surface area contributed by atoms with Gasteiger partial charge in [-0.05, 0) is 52.4 Å². The maximum Gasteiger partial charge on any atom is 0.323 e. The van der Waals surface area contributed by atoms with Crippen LogP contribution < -0.4 is 5.73 Å². The van der Waals surface area contributed by atoms with Gasteiger partial charge in [-0.2, -0.15) is 0 Å². The molecule has 2 fully saturated rings. The molecule has 1 aliphatic carbocycles. The molecular weight excluding hydrogens is 254 g/mol. The van der Waals surface area contributed by atoms with Crippen LogP contribution in [0.4, 0.5) is 0 Å². The van der Waals surface area contributed by atoms with Gasteiger partial charge in [-0.1, -0.05) is 19.3 Å². The van der Waals surface area contributed by atoms with Crippen molar-refractivity contribution in [1.82, 2.24) is 0 Å². The zero-order valence-electron chi connectivity index (χ0n) is 13.1. The molecule has 1 saturated heterocycles. The SMILES string of the molecule is CC(C)(C)OC(=O)C(N)C1CCOC2(CCCCC2)C1. The van der Waals surface area contributed by atoms with Crippen molar-refractivity contribution in [1.29, 1.82) is 0 Å². The number of hydrogen-bond donors (Lipinski definition) is 1. The van der Waals surface area contributed by atoms with E-state index in [-0.39, 0.29) is 17.5 Å². The first-order valence-corrected chi connectivity index (χ1v) is 7.94. The average Bonchev–Trinajstić information content (AvgIpc) is 2.37. The first kappa shape index (κ1) is 15.8. The molecule has 116 valence electrons. The summed E-state index contributed by atoms with van der Waals surface area (Å²) in [6.45, 7) is 6.36. The molecule has 0 bridgehead atoms. The largest absolute Gasteiger partial charge is 0.459 e. The van der Waals surface area contributed by atoms with Crippen molar-refractivity contribution in [3.63, 3.8) is 0 Å². The van der Waals surface area contributed by atoms with Gasteiger partial charge in [0.25, 0.3) is 0 Å². The van der Waals surface area contributed by atoms with Gasteiger partial charge < -0.3 is 15.2 Å². The summed E-state index contributed by atoms with van der Waals surface area (Å²) >= 11 is 0. The molecule has 1 heterocycles. The molecule has 1 aliphatic heterocycles. The number of carbonyl (C=O) groups is 1. The first-order valence-electron chi connectivity index (χ1n) is 7.94. The summed E-state index contributed by atoms with van der Waals surface area (Å²) in [4.78, 5) is 12.1. The Morgan fingerprint density at radius 2 is 1.95 bits per heavy atom. The zero-order valence-corrected chi connectivity index (χ0v) is 13.1. The molecule has 2 atom stereocenters. The van der Waals surface area contributed by atoms with Crippen LogP contribution in [0.15, 0.2) is 0 Å². The number of esters is 1. The zero-order chi connectivity index (χ0) is 14.8. The minimum atomic E-state index is -0.517. The predicted octanol–water partition coefficient (Wildman–Crippen LogP) is 2.78. The van der Waals surface area contributed by atoms with Gasteiger partial charge in [0, 0.05) is 6.61 Å². The van der Waals surface area contributed by atoms with Crippen LogP contribution in [0.3, 0.4) is 0 Å². The fourth-order valence-corrected chi connectivity index (χ4v) is 3.48. The Bertz CT molecular complexity index is 337. The highest BCUT2D eigenvalue weighted by Crippen LogP contribution is 2.41. The molecule has 2 rings (SSSR count). The molecule has 0 aromatic heterocycles. The Balaban J connectivity index is 1.96. The lowest BCUT2D eigenvalue weighted by molar-refractivity contribution is -0.162. The van der Waals surface area contributed by atoms with Crippen molar-refractivity contribution in [3.05, 3.63) is 0 Å². The Morgan fingerprint density at radius 1 is 1.30 bits per heavy atom. The maximum atomic E-state index is 12.1. The van der Waals surface area contributed by atoms with Crippen LogP contribution in [-0.4, -0.2) is 29.8 Å². The molecule has 2 aliphatic rings. The molecule has 20 heavy (non-hydrogen) atoms. The summed E-state index contributed by atoms with van der Waals surface area (Å²) in [5.74, 6) is -0.0768. The highest BCUT2D eigenvalue weighted by Gasteiger charge is 2.42. The molecular formula is C16H29NO3. The van der Waals surface area contributed by atoms with E-state index in [4.69, 9.17) is 15.2 Å². The summed E-state index contributed by atoms with van der Waals surface area (Å²) in [5.41, 5.74) is 5.68. The van der Waals surface area contributed by atoms with Crippen LogP contribution in [0, 0.1) is 5.92 Å². The standard InChI is InChI=1S/C16H29NO3/c1-15(2,3)20-14(18)13(17)12-7-10-19-16(11-12)8-5-4-6-9-16/h12-13H,4-11,17H2,1-3H3. The second kappa shape index (κ2) is 6.02. The molecule has 0 aromatic rings. The molecule has 4 nitrogen and oxygen atoms in total. The summed E-state index contributed by atoms with van der Waals surface area (Å²) in [5, 5.41) is 0. The van der Waals surface area contributed by atoms with Gasteiger partial charge >= 0.3 is 5.97 Å². The third-order valence-electron chi connectivity index (χ3n) is 4.48. The summed E-state index contributed by atoms with van der Waals surface area (Å²) in [7, 11) is 0. The minimum absolute atomic E-state index is 0.0131. The van der Waals surface area contributed by atoms with E-state index in [1.54, 1.807) is 0 Å². The maximum absolute atomic E-state index is 12.1. The number of rotatable bonds is 2. The minimum Gasteiger partial charge on any atom is -0.459 e. The third-order valence-corrected chi connectivity index (χ3v) is 4.48. The van der Waals surface area contributed by atoms with Crippen molar-refractivity contribution < 1.29 is 14.3 Å². The number of carbonyl (C=O) groups excluding carboxylic acids is 1. The van der Waals surface area contributed by atoms with E-state index in [0.29, 0.717) is 0 Å². The topological polar surface area (TPSA) is 61.5 Å². The molecule has 1 spiro atoms.